The largest absolute Gasteiger partial charge is 0.497 e. The summed E-state index contributed by atoms with van der Waals surface area (Å²) in [5, 5.41) is 4.63. The average molecular weight is 306 g/mol. The molecule has 0 aliphatic heterocycles. The Hall–Kier alpha value is -2.75. The molecule has 1 N–H and O–H groups in total. The standard InChI is InChI=1S/C19H18N2O2/c1-10-13-5-6-20-11(2)14(13)9-16-15-7-12(22-3)8-17(23-4)19(15)21-18(10)16/h5-9,20H,1-4H3. The number of hydrogen-bond donors (Lipinski definition) is 1. The fourth-order valence-electron chi connectivity index (χ4n) is 3.31. The van der Waals surface area contributed by atoms with E-state index >= 15 is 0 Å². The maximum Gasteiger partial charge on any atom is 0.148 e. The number of pyridine rings is 1. The Bertz CT molecular complexity index is 1060. The highest BCUT2D eigenvalue weighted by molar-refractivity contribution is 6.15. The highest BCUT2D eigenvalue weighted by Crippen LogP contribution is 2.39. The maximum absolute atomic E-state index is 5.51. The molecule has 0 radical (unpaired) electrons. The van der Waals surface area contributed by atoms with Crippen molar-refractivity contribution in [3.63, 3.8) is 0 Å². The van der Waals surface area contributed by atoms with E-state index in [2.05, 4.69) is 31.0 Å². The number of nitrogens with zero attached hydrogens (tertiary/aromatic N) is 1. The van der Waals surface area contributed by atoms with Crippen LogP contribution in [0.5, 0.6) is 11.5 Å². The lowest BCUT2D eigenvalue weighted by molar-refractivity contribution is 0.397. The third-order valence-electron chi connectivity index (χ3n) is 4.56. The van der Waals surface area contributed by atoms with Crippen LogP contribution >= 0.6 is 0 Å². The Labute approximate surface area is 134 Å². The molecule has 4 nitrogen and oxygen atoms in total. The van der Waals surface area contributed by atoms with Crippen LogP contribution in [0.2, 0.25) is 0 Å². The van der Waals surface area contributed by atoms with Crippen LogP contribution in [0.15, 0.2) is 30.5 Å². The van der Waals surface area contributed by atoms with Gasteiger partial charge in [0.05, 0.1) is 19.7 Å². The van der Waals surface area contributed by atoms with Gasteiger partial charge in [-0.25, -0.2) is 4.98 Å². The normalized spacial score (nSPS) is 11.5. The highest BCUT2D eigenvalue weighted by atomic mass is 16.5. The number of aromatic amines is 1. The molecule has 23 heavy (non-hydrogen) atoms. The molecule has 0 spiro atoms. The maximum atomic E-state index is 5.51. The molecule has 0 unspecified atom stereocenters. The third kappa shape index (κ3) is 1.88. The fraction of sp³-hybridized carbons (Fsp3) is 0.211. The van der Waals surface area contributed by atoms with Gasteiger partial charge in [-0.05, 0) is 43.0 Å². The van der Waals surface area contributed by atoms with E-state index in [1.54, 1.807) is 14.2 Å². The summed E-state index contributed by atoms with van der Waals surface area (Å²) in [6.45, 7) is 4.22. The number of aryl methyl sites for hydroxylation is 2. The number of methoxy groups -OCH3 is 2. The number of H-pyrrole nitrogens is 1. The van der Waals surface area contributed by atoms with E-state index < -0.39 is 0 Å². The molecular formula is C19H18N2O2. The Balaban J connectivity index is 2.24. The first-order valence-corrected chi connectivity index (χ1v) is 7.56. The van der Waals surface area contributed by atoms with Gasteiger partial charge in [-0.15, -0.1) is 0 Å². The summed E-state index contributed by atoms with van der Waals surface area (Å²) in [6, 6.07) is 8.22. The Morgan fingerprint density at radius 3 is 2.39 bits per heavy atom. The topological polar surface area (TPSA) is 47.1 Å². The number of benzene rings is 2. The van der Waals surface area contributed by atoms with E-state index in [0.717, 1.165) is 39.0 Å². The van der Waals surface area contributed by atoms with Crippen LogP contribution in [0.3, 0.4) is 0 Å². The molecule has 4 aromatic rings. The number of rotatable bonds is 2. The van der Waals surface area contributed by atoms with Crippen molar-refractivity contribution in [2.45, 2.75) is 13.8 Å². The molecule has 0 amide bonds. The van der Waals surface area contributed by atoms with Gasteiger partial charge in [0, 0.05) is 34.1 Å². The lowest BCUT2D eigenvalue weighted by Gasteiger charge is -2.07. The van der Waals surface area contributed by atoms with Crippen molar-refractivity contribution in [3.05, 3.63) is 41.7 Å². The van der Waals surface area contributed by atoms with Crippen LogP contribution < -0.4 is 9.47 Å². The second-order valence-corrected chi connectivity index (χ2v) is 5.80. The number of hydrogen-bond acceptors (Lipinski definition) is 3. The number of fused-ring (bicyclic) bond motifs is 4. The molecule has 2 heterocycles. The summed E-state index contributed by atoms with van der Waals surface area (Å²) < 4.78 is 10.9. The van der Waals surface area contributed by atoms with Crippen molar-refractivity contribution < 1.29 is 9.47 Å². The lowest BCUT2D eigenvalue weighted by atomic mass is 10.0. The van der Waals surface area contributed by atoms with Crippen LogP contribution in [0.4, 0.5) is 0 Å². The fourth-order valence-corrected chi connectivity index (χ4v) is 3.31. The van der Waals surface area contributed by atoms with Crippen molar-refractivity contribution >= 4 is 32.6 Å². The Morgan fingerprint density at radius 1 is 0.870 bits per heavy atom. The molecule has 0 saturated heterocycles. The van der Waals surface area contributed by atoms with Gasteiger partial charge >= 0.3 is 0 Å². The van der Waals surface area contributed by atoms with Crippen LogP contribution in [-0.2, 0) is 0 Å². The molecule has 4 rings (SSSR count). The minimum atomic E-state index is 0.738. The SMILES string of the molecule is COc1cc(OC)c2nc3c(C)c4cc[nH]c(C)c4cc3c2c1. The zero-order valence-corrected chi connectivity index (χ0v) is 13.7. The van der Waals surface area contributed by atoms with Gasteiger partial charge in [-0.2, -0.15) is 0 Å². The van der Waals surface area contributed by atoms with Crippen LogP contribution in [0, 0.1) is 13.8 Å². The first kappa shape index (κ1) is 13.9. The van der Waals surface area contributed by atoms with E-state index in [1.807, 2.05) is 18.3 Å². The number of aromatic nitrogens is 2. The van der Waals surface area contributed by atoms with Crippen LogP contribution in [0.1, 0.15) is 11.3 Å². The second-order valence-electron chi connectivity index (χ2n) is 5.80. The average Bonchev–Trinajstić information content (AvgIpc) is 2.94. The summed E-state index contributed by atoms with van der Waals surface area (Å²) in [6.07, 6.45) is 1.97. The molecule has 0 aliphatic rings. The van der Waals surface area contributed by atoms with Crippen molar-refractivity contribution in [2.24, 2.45) is 0 Å². The van der Waals surface area contributed by atoms with Gasteiger partial charge in [-0.3, -0.25) is 0 Å². The molecule has 116 valence electrons. The number of nitrogens with one attached hydrogen (secondary N) is 1. The molecule has 0 aliphatic carbocycles. The van der Waals surface area contributed by atoms with Crippen molar-refractivity contribution in [3.8, 4) is 11.5 Å². The Kier molecular flexibility index (Phi) is 2.94. The Morgan fingerprint density at radius 2 is 1.65 bits per heavy atom. The quantitative estimate of drug-likeness (QED) is 0.593. The monoisotopic (exact) mass is 306 g/mol. The van der Waals surface area contributed by atoms with Crippen LogP contribution in [0.25, 0.3) is 32.6 Å². The highest BCUT2D eigenvalue weighted by Gasteiger charge is 2.16. The van der Waals surface area contributed by atoms with E-state index in [1.165, 1.54) is 16.3 Å². The molecule has 2 aromatic heterocycles. The van der Waals surface area contributed by atoms with Crippen LogP contribution in [-0.4, -0.2) is 24.2 Å². The van der Waals surface area contributed by atoms with E-state index in [-0.39, 0.29) is 0 Å². The zero-order chi connectivity index (χ0) is 16.1. The second kappa shape index (κ2) is 4.88. The molecule has 0 saturated carbocycles. The molecule has 2 aromatic carbocycles. The molecule has 0 fully saturated rings. The van der Waals surface area contributed by atoms with Gasteiger partial charge in [-0.1, -0.05) is 0 Å². The summed E-state index contributed by atoms with van der Waals surface area (Å²) >= 11 is 0. The van der Waals surface area contributed by atoms with Gasteiger partial charge in [0.1, 0.15) is 17.0 Å². The predicted octanol–water partition coefficient (Wildman–Crippen LogP) is 4.50. The van der Waals surface area contributed by atoms with E-state index in [0.29, 0.717) is 0 Å². The van der Waals surface area contributed by atoms with E-state index in [9.17, 15) is 0 Å². The summed E-state index contributed by atoms with van der Waals surface area (Å²) in [5.74, 6) is 1.51. The smallest absolute Gasteiger partial charge is 0.148 e. The van der Waals surface area contributed by atoms with Gasteiger partial charge < -0.3 is 14.5 Å². The predicted molar refractivity (Wildman–Crippen MR) is 93.7 cm³/mol. The third-order valence-corrected chi connectivity index (χ3v) is 4.56. The molecular weight excluding hydrogens is 288 g/mol. The minimum absolute atomic E-state index is 0.738. The minimum Gasteiger partial charge on any atom is -0.497 e. The number of ether oxygens (including phenoxy) is 2. The van der Waals surface area contributed by atoms with Gasteiger partial charge in [0.15, 0.2) is 0 Å². The molecule has 0 bridgehead atoms. The van der Waals surface area contributed by atoms with Crippen molar-refractivity contribution in [1.82, 2.24) is 9.97 Å². The van der Waals surface area contributed by atoms with Crippen molar-refractivity contribution in [2.75, 3.05) is 14.2 Å². The zero-order valence-electron chi connectivity index (χ0n) is 13.7. The first-order chi connectivity index (χ1) is 11.1. The van der Waals surface area contributed by atoms with Gasteiger partial charge in [0.25, 0.3) is 0 Å². The van der Waals surface area contributed by atoms with E-state index in [4.69, 9.17) is 14.5 Å². The van der Waals surface area contributed by atoms with Gasteiger partial charge in [0.2, 0.25) is 0 Å². The summed E-state index contributed by atoms with van der Waals surface area (Å²) in [5.41, 5.74) is 4.23. The van der Waals surface area contributed by atoms with Crippen molar-refractivity contribution in [1.29, 1.82) is 0 Å². The summed E-state index contributed by atoms with van der Waals surface area (Å²) in [7, 11) is 3.33. The summed E-state index contributed by atoms with van der Waals surface area (Å²) in [4.78, 5) is 8.13. The molecule has 4 heteroatoms. The lowest BCUT2D eigenvalue weighted by Crippen LogP contribution is -1.87. The first-order valence-electron chi connectivity index (χ1n) is 7.56. The molecule has 0 atom stereocenters.